The zero-order chi connectivity index (χ0) is 32.1. The Kier molecular flexibility index (Phi) is 9.71. The lowest BCUT2D eigenvalue weighted by atomic mass is 10.0. The maximum absolute atomic E-state index is 13.6. The molecule has 0 radical (unpaired) electrons. The summed E-state index contributed by atoms with van der Waals surface area (Å²) in [6, 6.07) is 25.7. The van der Waals surface area contributed by atoms with E-state index in [1.807, 2.05) is 49.4 Å². The molecule has 236 valence electrons. The van der Waals surface area contributed by atoms with Crippen molar-refractivity contribution in [1.29, 1.82) is 0 Å². The van der Waals surface area contributed by atoms with E-state index >= 15 is 0 Å². The molecule has 0 saturated carbocycles. The van der Waals surface area contributed by atoms with Crippen LogP contribution in [0.5, 0.6) is 5.75 Å². The number of hydrogen-bond acceptors (Lipinski definition) is 6. The second kappa shape index (κ2) is 13.7. The molecule has 3 N–H and O–H groups in total. The number of aliphatic hydroxyl groups is 1. The van der Waals surface area contributed by atoms with Crippen molar-refractivity contribution in [2.45, 2.75) is 37.3 Å². The number of anilines is 2. The zero-order valence-corrected chi connectivity index (χ0v) is 26.3. The number of nitrogens with zero attached hydrogens (tertiary/aromatic N) is 2. The Morgan fingerprint density at radius 1 is 1.02 bits per heavy atom. The fourth-order valence-corrected chi connectivity index (χ4v) is 6.67. The number of aliphatic hydroxyl groups excluding tert-OH is 1. The Balaban J connectivity index is 1.41. The van der Waals surface area contributed by atoms with Gasteiger partial charge in [0.2, 0.25) is 15.9 Å². The minimum absolute atomic E-state index is 0.0286. The normalized spacial score (nSPS) is 17.9. The SMILES string of the molecule is C[C@@H]1CN([C@H](C)CO)C(=O)Cc2cc(NC(=O)Nc3cccc4ccccc34)ccc2O[C@H]1CN(C)S(=O)(=O)c1ccccc1. The molecular weight excluding hydrogens is 592 g/mol. The Morgan fingerprint density at radius 3 is 2.49 bits per heavy atom. The highest BCUT2D eigenvalue weighted by Gasteiger charge is 2.33. The first kappa shape index (κ1) is 32.0. The molecule has 4 aromatic rings. The van der Waals surface area contributed by atoms with Gasteiger partial charge in [-0.05, 0) is 48.7 Å². The Labute approximate surface area is 263 Å². The van der Waals surface area contributed by atoms with Crippen LogP contribution in [0.4, 0.5) is 16.2 Å². The van der Waals surface area contributed by atoms with Crippen LogP contribution in [-0.2, 0) is 21.2 Å². The molecule has 0 fully saturated rings. The van der Waals surface area contributed by atoms with E-state index in [2.05, 4.69) is 10.6 Å². The summed E-state index contributed by atoms with van der Waals surface area (Å²) in [5.41, 5.74) is 1.65. The lowest BCUT2D eigenvalue weighted by molar-refractivity contribution is -0.134. The van der Waals surface area contributed by atoms with Gasteiger partial charge in [0.1, 0.15) is 11.9 Å². The van der Waals surface area contributed by atoms with Crippen molar-refractivity contribution >= 4 is 44.1 Å². The van der Waals surface area contributed by atoms with Gasteiger partial charge in [0.05, 0.1) is 36.2 Å². The van der Waals surface area contributed by atoms with Crippen LogP contribution in [0.2, 0.25) is 0 Å². The summed E-state index contributed by atoms with van der Waals surface area (Å²) >= 11 is 0. The van der Waals surface area contributed by atoms with Crippen LogP contribution in [0.1, 0.15) is 19.4 Å². The molecule has 45 heavy (non-hydrogen) atoms. The van der Waals surface area contributed by atoms with E-state index in [1.165, 1.54) is 11.4 Å². The molecule has 10 nitrogen and oxygen atoms in total. The maximum Gasteiger partial charge on any atom is 0.323 e. The average Bonchev–Trinajstić information content (AvgIpc) is 3.08. The van der Waals surface area contributed by atoms with E-state index in [0.29, 0.717) is 22.7 Å². The lowest BCUT2D eigenvalue weighted by Gasteiger charge is -2.33. The van der Waals surface area contributed by atoms with E-state index in [-0.39, 0.29) is 42.8 Å². The fraction of sp³-hybridized carbons (Fsp3) is 0.294. The van der Waals surface area contributed by atoms with E-state index in [4.69, 9.17) is 4.74 Å². The average molecular weight is 631 g/mol. The number of fused-ring (bicyclic) bond motifs is 2. The third-order valence-corrected chi connectivity index (χ3v) is 9.94. The van der Waals surface area contributed by atoms with Crippen LogP contribution >= 0.6 is 0 Å². The zero-order valence-electron chi connectivity index (χ0n) is 25.5. The smallest absolute Gasteiger partial charge is 0.323 e. The molecule has 4 aromatic carbocycles. The first-order valence-electron chi connectivity index (χ1n) is 14.8. The maximum atomic E-state index is 13.6. The third-order valence-electron chi connectivity index (χ3n) is 8.10. The molecule has 0 spiro atoms. The number of rotatable bonds is 8. The second-order valence-corrected chi connectivity index (χ2v) is 13.5. The summed E-state index contributed by atoms with van der Waals surface area (Å²) in [6.07, 6.45) is -0.655. The Morgan fingerprint density at radius 2 is 1.73 bits per heavy atom. The predicted octanol–water partition coefficient (Wildman–Crippen LogP) is 4.95. The topological polar surface area (TPSA) is 128 Å². The molecule has 5 rings (SSSR count). The van der Waals surface area contributed by atoms with Crippen LogP contribution in [0.3, 0.4) is 0 Å². The van der Waals surface area contributed by atoms with Gasteiger partial charge in [0.25, 0.3) is 0 Å². The number of likely N-dealkylation sites (N-methyl/N-ethyl adjacent to an activating group) is 1. The van der Waals surface area contributed by atoms with Crippen molar-refractivity contribution in [3.05, 3.63) is 96.6 Å². The summed E-state index contributed by atoms with van der Waals surface area (Å²) in [4.78, 5) is 28.4. The number of amides is 3. The molecule has 1 aliphatic rings. The van der Waals surface area contributed by atoms with Crippen molar-refractivity contribution in [2.75, 3.05) is 37.4 Å². The molecule has 3 amide bonds. The van der Waals surface area contributed by atoms with Gasteiger partial charge in [-0.3, -0.25) is 4.79 Å². The number of hydrogen-bond donors (Lipinski definition) is 3. The summed E-state index contributed by atoms with van der Waals surface area (Å²) in [6.45, 7) is 3.73. The van der Waals surface area contributed by atoms with E-state index < -0.39 is 28.2 Å². The molecule has 1 aliphatic heterocycles. The molecule has 3 atom stereocenters. The molecule has 0 aliphatic carbocycles. The number of urea groups is 1. The first-order valence-corrected chi connectivity index (χ1v) is 16.3. The van der Waals surface area contributed by atoms with Gasteiger partial charge in [0, 0.05) is 36.1 Å². The predicted molar refractivity (Wildman–Crippen MR) is 175 cm³/mol. The number of nitrogens with one attached hydrogen (secondary N) is 2. The van der Waals surface area contributed by atoms with Crippen molar-refractivity contribution in [3.63, 3.8) is 0 Å². The van der Waals surface area contributed by atoms with Gasteiger partial charge in [0.15, 0.2) is 0 Å². The van der Waals surface area contributed by atoms with E-state index in [0.717, 1.165) is 10.8 Å². The van der Waals surface area contributed by atoms with Crippen molar-refractivity contribution in [3.8, 4) is 5.75 Å². The fourth-order valence-electron chi connectivity index (χ4n) is 5.47. The van der Waals surface area contributed by atoms with Crippen molar-refractivity contribution < 1.29 is 27.9 Å². The minimum atomic E-state index is -3.80. The largest absolute Gasteiger partial charge is 0.488 e. The van der Waals surface area contributed by atoms with E-state index in [9.17, 15) is 23.1 Å². The number of benzene rings is 4. The second-order valence-electron chi connectivity index (χ2n) is 11.4. The summed E-state index contributed by atoms with van der Waals surface area (Å²) in [5, 5.41) is 17.6. The summed E-state index contributed by atoms with van der Waals surface area (Å²) in [7, 11) is -2.29. The highest BCUT2D eigenvalue weighted by molar-refractivity contribution is 7.89. The quantitative estimate of drug-likeness (QED) is 0.253. The molecule has 0 aromatic heterocycles. The van der Waals surface area contributed by atoms with Gasteiger partial charge in [-0.25, -0.2) is 13.2 Å². The lowest BCUT2D eigenvalue weighted by Crippen LogP contribution is -2.48. The standard InChI is InChI=1S/C34H38N4O6S/c1-23-20-38(24(2)22-39)33(40)19-26-18-27(35-34(41)36-30-15-9-11-25-10-7-8-14-29(25)30)16-17-31(26)44-32(23)21-37(3)45(42,43)28-12-5-4-6-13-28/h4-18,23-24,32,39H,19-22H2,1-3H3,(H2,35,36,41)/t23-,24-,32+/m1/s1. The summed E-state index contributed by atoms with van der Waals surface area (Å²) in [5.74, 6) is -0.0765. The highest BCUT2D eigenvalue weighted by atomic mass is 32.2. The van der Waals surface area contributed by atoms with Crippen LogP contribution < -0.4 is 15.4 Å². The highest BCUT2D eigenvalue weighted by Crippen LogP contribution is 2.30. The van der Waals surface area contributed by atoms with Gasteiger partial charge in [-0.1, -0.05) is 61.5 Å². The van der Waals surface area contributed by atoms with Gasteiger partial charge in [-0.15, -0.1) is 0 Å². The molecular formula is C34H38N4O6S. The molecule has 1 heterocycles. The molecule has 0 unspecified atom stereocenters. The minimum Gasteiger partial charge on any atom is -0.488 e. The van der Waals surface area contributed by atoms with Crippen LogP contribution in [0.15, 0.2) is 95.9 Å². The van der Waals surface area contributed by atoms with Crippen LogP contribution in [0.25, 0.3) is 10.8 Å². The monoisotopic (exact) mass is 630 g/mol. The van der Waals surface area contributed by atoms with E-state index in [1.54, 1.807) is 60.4 Å². The third kappa shape index (κ3) is 7.28. The number of carbonyl (C=O) groups excluding carboxylic acids is 2. The molecule has 11 heteroatoms. The number of carbonyl (C=O) groups is 2. The molecule has 0 saturated heterocycles. The van der Waals surface area contributed by atoms with Gasteiger partial charge in [-0.2, -0.15) is 4.31 Å². The van der Waals surface area contributed by atoms with Gasteiger partial charge >= 0.3 is 6.03 Å². The van der Waals surface area contributed by atoms with Crippen molar-refractivity contribution in [1.82, 2.24) is 9.21 Å². The molecule has 0 bridgehead atoms. The van der Waals surface area contributed by atoms with Crippen molar-refractivity contribution in [2.24, 2.45) is 5.92 Å². The number of sulfonamides is 1. The first-order chi connectivity index (χ1) is 21.6. The number of ether oxygens (including phenoxy) is 1. The Hall–Kier alpha value is -4.45. The van der Waals surface area contributed by atoms with Crippen LogP contribution in [0, 0.1) is 5.92 Å². The Bertz CT molecular complexity index is 1780. The van der Waals surface area contributed by atoms with Crippen LogP contribution in [-0.4, -0.2) is 73.6 Å². The van der Waals surface area contributed by atoms with Gasteiger partial charge < -0.3 is 25.4 Å². The summed E-state index contributed by atoms with van der Waals surface area (Å²) < 4.78 is 34.4.